The first-order valence-electron chi connectivity index (χ1n) is 3.03. The zero-order valence-corrected chi connectivity index (χ0v) is 8.67. The second-order valence-electron chi connectivity index (χ2n) is 1.83. The summed E-state index contributed by atoms with van der Waals surface area (Å²) in [5.74, 6) is -3.03. The molecule has 0 aliphatic heterocycles. The van der Waals surface area contributed by atoms with Crippen LogP contribution in [0.15, 0.2) is 0 Å². The summed E-state index contributed by atoms with van der Waals surface area (Å²) in [6.07, 6.45) is -0.505. The van der Waals surface area contributed by atoms with E-state index in [1.165, 1.54) is 15.9 Å². The maximum absolute atomic E-state index is 10.1. The molecule has 79 valence electrons. The molecule has 0 fully saturated rings. The van der Waals surface area contributed by atoms with Gasteiger partial charge in [0.1, 0.15) is 5.78 Å². The molecule has 0 amide bonds. The molecule has 1 N–H and O–H groups in total. The van der Waals surface area contributed by atoms with E-state index in [9.17, 15) is 14.4 Å². The Morgan fingerprint density at radius 1 is 1.21 bits per heavy atom. The topological polar surface area (TPSA) is 106 Å². The van der Waals surface area contributed by atoms with Crippen LogP contribution in [-0.2, 0) is 40.2 Å². The zero-order valence-electron chi connectivity index (χ0n) is 7.03. The molecular weight excluding hydrogens is 283 g/mol. The van der Waals surface area contributed by atoms with Crippen molar-refractivity contribution in [3.63, 3.8) is 0 Å². The van der Waals surface area contributed by atoms with Gasteiger partial charge in [-0.1, -0.05) is 0 Å². The summed E-state index contributed by atoms with van der Waals surface area (Å²) in [7, 11) is 0. The molecule has 0 atom stereocenters. The molecule has 0 rings (SSSR count). The van der Waals surface area contributed by atoms with Crippen LogP contribution in [0.4, 0.5) is 0 Å². The Morgan fingerprint density at radius 3 is 1.71 bits per heavy atom. The number of aliphatic carboxylic acids is 1. The van der Waals surface area contributed by atoms with Crippen LogP contribution >= 0.6 is 0 Å². The van der Waals surface area contributed by atoms with Crippen LogP contribution in [0.1, 0.15) is 13.3 Å². The quantitative estimate of drug-likeness (QED) is 0.398. The summed E-state index contributed by atoms with van der Waals surface area (Å²) in [5, 5.41) is 7.93. The van der Waals surface area contributed by atoms with Crippen molar-refractivity contribution in [3.8, 4) is 0 Å². The molecule has 0 aromatic carbocycles. The second kappa shape index (κ2) is 9.68. The Kier molecular flexibility index (Phi) is 10.4. The summed E-state index contributed by atoms with van der Waals surface area (Å²) < 4.78 is 2.83. The number of carbonyl (C=O) groups is 3. The van der Waals surface area contributed by atoms with E-state index in [4.69, 9.17) is 14.7 Å². The second-order valence-corrected chi connectivity index (χ2v) is 2.91. The molecule has 0 bridgehead atoms. The molecule has 6 nitrogen and oxygen atoms in total. The van der Waals surface area contributed by atoms with Gasteiger partial charge in [-0.25, -0.2) is 4.79 Å². The number of hydrogen-bond acceptors (Lipinski definition) is 5. The van der Waals surface area contributed by atoms with Gasteiger partial charge < -0.3 is 5.11 Å². The number of rotatable bonds is 3. The average Bonchev–Trinajstić information content (AvgIpc) is 2.05. The van der Waals surface area contributed by atoms with Crippen molar-refractivity contribution in [2.24, 2.45) is 0 Å². The predicted octanol–water partition coefficient (Wildman–Crippen LogP) is -1.18. The maximum atomic E-state index is 10.1. The Bertz CT molecular complexity index is 329. The third-order valence-corrected chi connectivity index (χ3v) is 1.05. The zero-order chi connectivity index (χ0) is 11.6. The van der Waals surface area contributed by atoms with E-state index in [2.05, 4.69) is 0 Å². The number of carbonyl (C=O) groups excluding carboxylic acids is 4. The number of ketones is 2. The van der Waals surface area contributed by atoms with Gasteiger partial charge in [0.25, 0.3) is 0 Å². The first kappa shape index (κ1) is 15.1. The van der Waals surface area contributed by atoms with Crippen LogP contribution in [0.5, 0.6) is 0 Å². The molecule has 0 aliphatic carbocycles. The van der Waals surface area contributed by atoms with Gasteiger partial charge in [0.15, 0.2) is 0 Å². The molecule has 0 saturated heterocycles. The molecule has 14 heavy (non-hydrogen) atoms. The molecule has 0 aromatic rings. The first-order chi connectivity index (χ1) is 6.45. The number of carboxylic acid groups (broad SMARTS) is 1. The summed E-state index contributed by atoms with van der Waals surface area (Å²) in [5.41, 5.74) is 0. The third-order valence-electron chi connectivity index (χ3n) is 0.716. The van der Waals surface area contributed by atoms with Gasteiger partial charge >= 0.3 is 40.7 Å². The molecule has 0 aliphatic rings. The number of Topliss-reactive ketones (excluding diaryl/α,β-unsaturated/α-hetero) is 2. The first-order valence-corrected chi connectivity index (χ1v) is 4.67. The van der Waals surface area contributed by atoms with Crippen molar-refractivity contribution in [1.82, 2.24) is 0 Å². The van der Waals surface area contributed by atoms with Gasteiger partial charge in [0.05, 0.1) is 6.42 Å². The van der Waals surface area contributed by atoms with Crippen LogP contribution in [0, 0.1) is 0 Å². The molecule has 7 heteroatoms. The Hall–Kier alpha value is -1.41. The Labute approximate surface area is 85.5 Å². The minimum atomic E-state index is -1.55. The monoisotopic (exact) mass is 289 g/mol. The van der Waals surface area contributed by atoms with Crippen molar-refractivity contribution in [3.05, 3.63) is 0 Å². The van der Waals surface area contributed by atoms with E-state index in [1.807, 2.05) is 0 Å². The minimum absolute atomic E-state index is 0.428. The van der Waals surface area contributed by atoms with Crippen molar-refractivity contribution in [2.75, 3.05) is 0 Å². The van der Waals surface area contributed by atoms with Gasteiger partial charge in [-0.3, -0.25) is 9.59 Å². The third kappa shape index (κ3) is 13.2. The van der Waals surface area contributed by atoms with Crippen LogP contribution < -0.4 is 0 Å². The number of hydrogen-bond donors (Lipinski definition) is 1. The van der Waals surface area contributed by atoms with Crippen molar-refractivity contribution >= 4 is 26.5 Å². The summed E-state index contributed by atoms with van der Waals surface area (Å²) >= 11 is -0.704. The van der Waals surface area contributed by atoms with E-state index in [0.29, 0.717) is 0 Å². The van der Waals surface area contributed by atoms with Crippen molar-refractivity contribution in [1.29, 1.82) is 0 Å². The fourth-order valence-electron chi connectivity index (χ4n) is 0.316. The van der Waals surface area contributed by atoms with E-state index >= 15 is 0 Å². The standard InChI is InChI=1S/C5H6O4.2CO.Rh/c1-3(6)2-4(7)5(8)9;2*1-2;/h2H2,1H3,(H,8,9);;;. The van der Waals surface area contributed by atoms with Crippen molar-refractivity contribution in [2.45, 2.75) is 13.3 Å². The van der Waals surface area contributed by atoms with Crippen LogP contribution in [-0.4, -0.2) is 31.6 Å². The van der Waals surface area contributed by atoms with Gasteiger partial charge in [0.2, 0.25) is 5.78 Å². The molecular formula is C7H6O6Rh. The fraction of sp³-hybridized carbons (Fsp3) is 0.286. The predicted molar refractivity (Wildman–Crippen MR) is 39.3 cm³/mol. The summed E-state index contributed by atoms with van der Waals surface area (Å²) in [6, 6.07) is 0. The normalized spacial score (nSPS) is 7.21. The van der Waals surface area contributed by atoms with Gasteiger partial charge in [-0.15, -0.1) is 0 Å². The van der Waals surface area contributed by atoms with E-state index in [0.717, 1.165) is 0 Å². The van der Waals surface area contributed by atoms with Gasteiger partial charge in [0, 0.05) is 0 Å². The molecule has 0 unspecified atom stereocenters. The van der Waals surface area contributed by atoms with Gasteiger partial charge in [-0.05, 0) is 6.92 Å². The van der Waals surface area contributed by atoms with E-state index < -0.39 is 40.2 Å². The SMILES string of the molecule is CC(=O)CC(=O)C(=O)O.O=[C]=[Rh]=[C]=O. The Morgan fingerprint density at radius 2 is 1.64 bits per heavy atom. The average molecular weight is 289 g/mol. The van der Waals surface area contributed by atoms with E-state index in [-0.39, 0.29) is 0 Å². The fourth-order valence-corrected chi connectivity index (χ4v) is 0.384. The van der Waals surface area contributed by atoms with E-state index in [1.54, 1.807) is 0 Å². The van der Waals surface area contributed by atoms with Crippen LogP contribution in [0.25, 0.3) is 0 Å². The summed E-state index contributed by atoms with van der Waals surface area (Å²) in [6.45, 7) is 1.17. The molecule has 0 heterocycles. The molecule has 0 spiro atoms. The van der Waals surface area contributed by atoms with Crippen LogP contribution in [0.3, 0.4) is 0 Å². The molecule has 0 radical (unpaired) electrons. The van der Waals surface area contributed by atoms with Crippen molar-refractivity contribution < 1.29 is 45.3 Å². The number of carboxylic acids is 1. The molecule has 0 saturated carbocycles. The van der Waals surface area contributed by atoms with Gasteiger partial charge in [-0.2, -0.15) is 0 Å². The van der Waals surface area contributed by atoms with Crippen LogP contribution in [0.2, 0.25) is 0 Å². The molecule has 0 aromatic heterocycles. The Balaban J connectivity index is 0. The summed E-state index contributed by atoms with van der Waals surface area (Å²) in [4.78, 5) is 48.0.